The molecule has 0 aliphatic rings. The van der Waals surface area contributed by atoms with Gasteiger partial charge in [-0.15, -0.1) is 35.4 Å². The molecule has 4 aromatic carbocycles. The SMILES string of the molecule is Fc1[c-]c(F)c(Cn2cccc2)cc1.Fc1[c-]c(F)c(Cn2cccc2)cc1.[Ti+4].c1cc[cH-]c1.c1cc[cH-]c1. The molecular weight excluding hydrogens is 536 g/mol. The van der Waals surface area contributed by atoms with E-state index < -0.39 is 23.3 Å². The Labute approximate surface area is 241 Å². The van der Waals surface area contributed by atoms with Crippen molar-refractivity contribution in [1.29, 1.82) is 0 Å². The standard InChI is InChI=1S/2C11H8F2N.2C5H5.Ti/c2*12-10-4-3-9(11(13)7-10)8-14-5-1-2-6-14;2*1-2-4-5-3-1;/h2*1-6H,8H2;2*1-5H;/q4*-1;+4. The van der Waals surface area contributed by atoms with Gasteiger partial charge in [0, 0.05) is 61.1 Å². The van der Waals surface area contributed by atoms with Crippen LogP contribution in [0, 0.1) is 35.4 Å². The number of nitrogens with zero attached hydrogens (tertiary/aromatic N) is 2. The Morgan fingerprint density at radius 1 is 0.513 bits per heavy atom. The van der Waals surface area contributed by atoms with Gasteiger partial charge in [-0.05, 0) is 24.3 Å². The summed E-state index contributed by atoms with van der Waals surface area (Å²) >= 11 is 0. The largest absolute Gasteiger partial charge is 4.00 e. The normalized spacial score (nSPS) is 9.54. The number of rotatable bonds is 4. The van der Waals surface area contributed by atoms with Crippen LogP contribution >= 0.6 is 0 Å². The van der Waals surface area contributed by atoms with Crippen molar-refractivity contribution < 1.29 is 39.3 Å². The van der Waals surface area contributed by atoms with Crippen molar-refractivity contribution in [3.63, 3.8) is 0 Å². The summed E-state index contributed by atoms with van der Waals surface area (Å²) in [5.41, 5.74) is 0.866. The van der Waals surface area contributed by atoms with Crippen LogP contribution in [0.4, 0.5) is 17.6 Å². The number of hydrogen-bond acceptors (Lipinski definition) is 0. The first-order chi connectivity index (χ1) is 18.5. The molecule has 0 spiro atoms. The van der Waals surface area contributed by atoms with Gasteiger partial charge in [-0.1, -0.05) is 0 Å². The Balaban J connectivity index is 0.000000199. The van der Waals surface area contributed by atoms with Gasteiger partial charge in [0.1, 0.15) is 0 Å². The minimum absolute atomic E-state index is 0. The van der Waals surface area contributed by atoms with Crippen molar-refractivity contribution in [2.75, 3.05) is 0 Å². The van der Waals surface area contributed by atoms with E-state index in [1.165, 1.54) is 24.3 Å². The third-order valence-electron chi connectivity index (χ3n) is 5.03. The van der Waals surface area contributed by atoms with E-state index in [2.05, 4.69) is 0 Å². The van der Waals surface area contributed by atoms with Crippen molar-refractivity contribution in [1.82, 2.24) is 9.13 Å². The Bertz CT molecular complexity index is 1250. The molecule has 6 rings (SSSR count). The molecule has 0 fully saturated rings. The summed E-state index contributed by atoms with van der Waals surface area (Å²) < 4.78 is 54.9. The van der Waals surface area contributed by atoms with Gasteiger partial charge in [0.05, 0.1) is 0 Å². The number of hydrogen-bond donors (Lipinski definition) is 0. The summed E-state index contributed by atoms with van der Waals surface area (Å²) in [7, 11) is 0. The van der Waals surface area contributed by atoms with E-state index in [1.54, 1.807) is 0 Å². The molecule has 0 saturated heterocycles. The van der Waals surface area contributed by atoms with Crippen LogP contribution in [0.25, 0.3) is 0 Å². The van der Waals surface area contributed by atoms with Crippen molar-refractivity contribution >= 4 is 0 Å². The third kappa shape index (κ3) is 12.0. The maximum atomic E-state index is 13.1. The van der Waals surface area contributed by atoms with Crippen LogP contribution in [0.2, 0.25) is 0 Å². The Kier molecular flexibility index (Phi) is 14.2. The Morgan fingerprint density at radius 2 is 0.846 bits per heavy atom. The van der Waals surface area contributed by atoms with Gasteiger partial charge in [-0.2, -0.15) is 48.5 Å². The van der Waals surface area contributed by atoms with Crippen LogP contribution in [-0.4, -0.2) is 9.13 Å². The number of halogens is 4. The molecule has 196 valence electrons. The maximum absolute atomic E-state index is 13.1. The van der Waals surface area contributed by atoms with Gasteiger partial charge >= 0.3 is 21.7 Å². The van der Waals surface area contributed by atoms with E-state index in [4.69, 9.17) is 0 Å². The molecule has 6 aromatic rings. The van der Waals surface area contributed by atoms with Crippen LogP contribution in [-0.2, 0) is 34.8 Å². The molecular formula is C32H26F4N2Ti. The number of aromatic nitrogens is 2. The summed E-state index contributed by atoms with van der Waals surface area (Å²) in [4.78, 5) is 0. The van der Waals surface area contributed by atoms with E-state index in [9.17, 15) is 17.6 Å². The van der Waals surface area contributed by atoms with Crippen LogP contribution in [0.1, 0.15) is 11.1 Å². The molecule has 2 nitrogen and oxygen atoms in total. The molecule has 0 atom stereocenters. The molecule has 2 heterocycles. The molecule has 7 heteroatoms. The third-order valence-corrected chi connectivity index (χ3v) is 5.03. The molecule has 0 aliphatic heterocycles. The first-order valence-corrected chi connectivity index (χ1v) is 11.8. The maximum Gasteiger partial charge on any atom is 4.00 e. The van der Waals surface area contributed by atoms with E-state index >= 15 is 0 Å². The zero-order valence-corrected chi connectivity index (χ0v) is 22.6. The molecule has 2 aromatic heterocycles. The molecule has 0 N–H and O–H groups in total. The molecule has 0 saturated carbocycles. The summed E-state index contributed by atoms with van der Waals surface area (Å²) in [6, 6.07) is 36.7. The van der Waals surface area contributed by atoms with Crippen LogP contribution in [0.15, 0.2) is 134 Å². The summed E-state index contributed by atoms with van der Waals surface area (Å²) in [5, 5.41) is 0. The van der Waals surface area contributed by atoms with Crippen LogP contribution < -0.4 is 0 Å². The summed E-state index contributed by atoms with van der Waals surface area (Å²) in [6.07, 6.45) is 7.29. The quantitative estimate of drug-likeness (QED) is 0.117. The average molecular weight is 562 g/mol. The number of benzene rings is 2. The average Bonchev–Trinajstić information content (AvgIpc) is 3.74. The van der Waals surface area contributed by atoms with E-state index in [1.807, 2.05) is 131 Å². The fraction of sp³-hybridized carbons (Fsp3) is 0.0625. The molecule has 0 bridgehead atoms. The van der Waals surface area contributed by atoms with Gasteiger partial charge in [0.15, 0.2) is 0 Å². The second-order valence-corrected chi connectivity index (χ2v) is 7.93. The van der Waals surface area contributed by atoms with Gasteiger partial charge in [0.2, 0.25) is 0 Å². The van der Waals surface area contributed by atoms with Crippen molar-refractivity contribution in [3.8, 4) is 0 Å². The second kappa shape index (κ2) is 17.6. The minimum Gasteiger partial charge on any atom is -0.361 e. The first kappa shape index (κ1) is 31.4. The molecule has 0 amide bonds. The van der Waals surface area contributed by atoms with Crippen molar-refractivity contribution in [3.05, 3.63) is 181 Å². The minimum atomic E-state index is -0.668. The van der Waals surface area contributed by atoms with E-state index in [0.29, 0.717) is 24.2 Å². The predicted octanol–water partition coefficient (Wildman–Crippen LogP) is 8.04. The van der Waals surface area contributed by atoms with Crippen LogP contribution in [0.5, 0.6) is 0 Å². The van der Waals surface area contributed by atoms with Crippen molar-refractivity contribution in [2.24, 2.45) is 0 Å². The molecule has 0 aliphatic carbocycles. The topological polar surface area (TPSA) is 9.86 Å². The molecule has 0 unspecified atom stereocenters. The Hall–Kier alpha value is -3.87. The summed E-state index contributed by atoms with van der Waals surface area (Å²) in [5.74, 6) is -2.59. The molecule has 0 radical (unpaired) electrons. The molecule has 39 heavy (non-hydrogen) atoms. The van der Waals surface area contributed by atoms with E-state index in [-0.39, 0.29) is 21.7 Å². The van der Waals surface area contributed by atoms with Crippen LogP contribution in [0.3, 0.4) is 0 Å². The predicted molar refractivity (Wildman–Crippen MR) is 142 cm³/mol. The Morgan fingerprint density at radius 3 is 1.10 bits per heavy atom. The van der Waals surface area contributed by atoms with Gasteiger partial charge in [-0.3, -0.25) is 0 Å². The van der Waals surface area contributed by atoms with Gasteiger partial charge in [-0.25, -0.2) is 41.8 Å². The fourth-order valence-corrected chi connectivity index (χ4v) is 3.18. The van der Waals surface area contributed by atoms with Crippen molar-refractivity contribution in [2.45, 2.75) is 13.1 Å². The van der Waals surface area contributed by atoms with E-state index in [0.717, 1.165) is 0 Å². The smallest absolute Gasteiger partial charge is 0.361 e. The monoisotopic (exact) mass is 562 g/mol. The first-order valence-electron chi connectivity index (χ1n) is 11.8. The van der Waals surface area contributed by atoms with Gasteiger partial charge in [0.25, 0.3) is 0 Å². The zero-order valence-electron chi connectivity index (χ0n) is 21.0. The second-order valence-electron chi connectivity index (χ2n) is 7.93. The fourth-order valence-electron chi connectivity index (χ4n) is 3.18. The summed E-state index contributed by atoms with van der Waals surface area (Å²) in [6.45, 7) is 0.797. The zero-order chi connectivity index (χ0) is 27.0. The van der Waals surface area contributed by atoms with Gasteiger partial charge < -0.3 is 9.13 Å².